The highest BCUT2D eigenvalue weighted by Crippen LogP contribution is 2.25. The summed E-state index contributed by atoms with van der Waals surface area (Å²) in [5.41, 5.74) is 0. The molecular weight excluding hydrogens is 340 g/mol. The molecular formula is C16H40O4Si3. The van der Waals surface area contributed by atoms with E-state index in [9.17, 15) is 0 Å². The van der Waals surface area contributed by atoms with Gasteiger partial charge in [0.1, 0.15) is 0 Å². The summed E-state index contributed by atoms with van der Waals surface area (Å²) in [4.78, 5) is 0. The molecule has 140 valence electrons. The zero-order chi connectivity index (χ0) is 18.0. The van der Waals surface area contributed by atoms with Crippen LogP contribution < -0.4 is 0 Å². The van der Waals surface area contributed by atoms with Crippen LogP contribution in [0.1, 0.15) is 39.0 Å². The van der Waals surface area contributed by atoms with Crippen molar-refractivity contribution in [1.82, 2.24) is 0 Å². The van der Waals surface area contributed by atoms with Crippen LogP contribution in [0, 0.1) is 0 Å². The number of rotatable bonds is 14. The first-order valence-electron chi connectivity index (χ1n) is 9.01. The summed E-state index contributed by atoms with van der Waals surface area (Å²) in [7, 11) is -0.237. The van der Waals surface area contributed by atoms with Gasteiger partial charge in [-0.2, -0.15) is 0 Å². The van der Waals surface area contributed by atoms with Crippen molar-refractivity contribution < 1.29 is 17.4 Å². The maximum absolute atomic E-state index is 6.60. The summed E-state index contributed by atoms with van der Waals surface area (Å²) in [6.45, 7) is 11.8. The normalized spacial score (nSPS) is 13.6. The predicted molar refractivity (Wildman–Crippen MR) is 106 cm³/mol. The van der Waals surface area contributed by atoms with E-state index in [1.54, 1.807) is 21.3 Å². The van der Waals surface area contributed by atoms with E-state index >= 15 is 0 Å². The smallest absolute Gasteiger partial charge is 0.455 e. The summed E-state index contributed by atoms with van der Waals surface area (Å²) in [5.74, 6) is 0. The van der Waals surface area contributed by atoms with Gasteiger partial charge in [0.2, 0.25) is 0 Å². The molecule has 0 aliphatic carbocycles. The summed E-state index contributed by atoms with van der Waals surface area (Å²) < 4.78 is 23.0. The SMILES string of the molecule is CCC[Si](C)(C)O[Si](C)(C)CCCCCC[Si](OC)(OC)OC. The summed E-state index contributed by atoms with van der Waals surface area (Å²) in [5, 5.41) is 0. The van der Waals surface area contributed by atoms with Crippen molar-refractivity contribution in [3.63, 3.8) is 0 Å². The van der Waals surface area contributed by atoms with Gasteiger partial charge in [0.05, 0.1) is 0 Å². The third kappa shape index (κ3) is 10.2. The Morgan fingerprint density at radius 1 is 0.609 bits per heavy atom. The molecule has 0 rings (SSSR count). The highest BCUT2D eigenvalue weighted by Gasteiger charge is 2.36. The van der Waals surface area contributed by atoms with Crippen molar-refractivity contribution in [2.45, 2.75) is 83.3 Å². The van der Waals surface area contributed by atoms with Crippen LogP contribution in [-0.2, 0) is 17.4 Å². The zero-order valence-electron chi connectivity index (χ0n) is 16.8. The van der Waals surface area contributed by atoms with E-state index in [0.29, 0.717) is 0 Å². The molecule has 4 nitrogen and oxygen atoms in total. The molecule has 0 aliphatic rings. The van der Waals surface area contributed by atoms with Gasteiger partial charge in [0.25, 0.3) is 0 Å². The Bertz CT molecular complexity index is 299. The van der Waals surface area contributed by atoms with Gasteiger partial charge >= 0.3 is 8.80 Å². The van der Waals surface area contributed by atoms with Gasteiger partial charge in [-0.15, -0.1) is 0 Å². The van der Waals surface area contributed by atoms with Crippen molar-refractivity contribution in [2.24, 2.45) is 0 Å². The van der Waals surface area contributed by atoms with Gasteiger partial charge in [-0.3, -0.25) is 0 Å². The van der Waals surface area contributed by atoms with Crippen molar-refractivity contribution in [1.29, 1.82) is 0 Å². The Morgan fingerprint density at radius 2 is 1.04 bits per heavy atom. The molecule has 0 spiro atoms. The second-order valence-electron chi connectivity index (χ2n) is 7.58. The van der Waals surface area contributed by atoms with E-state index in [2.05, 4.69) is 33.1 Å². The summed E-state index contributed by atoms with van der Waals surface area (Å²) in [6.07, 6.45) is 6.11. The van der Waals surface area contributed by atoms with Crippen LogP contribution in [0.3, 0.4) is 0 Å². The lowest BCUT2D eigenvalue weighted by molar-refractivity contribution is 0.122. The van der Waals surface area contributed by atoms with Crippen LogP contribution in [0.4, 0.5) is 0 Å². The average molecular weight is 381 g/mol. The molecule has 0 N–H and O–H groups in total. The van der Waals surface area contributed by atoms with Gasteiger partial charge < -0.3 is 17.4 Å². The molecule has 0 saturated carbocycles. The van der Waals surface area contributed by atoms with E-state index in [1.165, 1.54) is 37.8 Å². The van der Waals surface area contributed by atoms with Gasteiger partial charge in [-0.25, -0.2) is 0 Å². The lowest BCUT2D eigenvalue weighted by Crippen LogP contribution is -2.44. The van der Waals surface area contributed by atoms with E-state index < -0.39 is 25.4 Å². The second-order valence-corrected chi connectivity index (χ2v) is 19.5. The Kier molecular flexibility index (Phi) is 11.4. The summed E-state index contributed by atoms with van der Waals surface area (Å²) in [6, 6.07) is 3.46. The quantitative estimate of drug-likeness (QED) is 0.304. The Labute approximate surface area is 147 Å². The molecule has 0 aromatic heterocycles. The average Bonchev–Trinajstić information content (AvgIpc) is 2.46. The lowest BCUT2D eigenvalue weighted by atomic mass is 10.2. The van der Waals surface area contributed by atoms with E-state index in [4.69, 9.17) is 17.4 Å². The molecule has 0 saturated heterocycles. The zero-order valence-corrected chi connectivity index (χ0v) is 19.8. The van der Waals surface area contributed by atoms with Crippen molar-refractivity contribution in [2.75, 3.05) is 21.3 Å². The van der Waals surface area contributed by atoms with Crippen LogP contribution in [-0.4, -0.2) is 46.8 Å². The molecule has 0 bridgehead atoms. The second kappa shape index (κ2) is 11.2. The van der Waals surface area contributed by atoms with Crippen molar-refractivity contribution in [3.8, 4) is 0 Å². The minimum absolute atomic E-state index is 0.907. The molecule has 0 atom stereocenters. The van der Waals surface area contributed by atoms with Gasteiger partial charge in [-0.05, 0) is 44.7 Å². The van der Waals surface area contributed by atoms with Crippen LogP contribution >= 0.6 is 0 Å². The fraction of sp³-hybridized carbons (Fsp3) is 1.00. The molecule has 0 amide bonds. The molecule has 0 aliphatic heterocycles. The fourth-order valence-corrected chi connectivity index (χ4v) is 14.2. The third-order valence-electron chi connectivity index (χ3n) is 4.35. The predicted octanol–water partition coefficient (Wildman–Crippen LogP) is 5.26. The first kappa shape index (κ1) is 23.5. The number of unbranched alkanes of at least 4 members (excludes halogenated alkanes) is 3. The molecule has 0 unspecified atom stereocenters. The highest BCUT2D eigenvalue weighted by atomic mass is 28.4. The van der Waals surface area contributed by atoms with Crippen LogP contribution in [0.25, 0.3) is 0 Å². The van der Waals surface area contributed by atoms with E-state index in [-0.39, 0.29) is 0 Å². The number of hydrogen-bond acceptors (Lipinski definition) is 4. The monoisotopic (exact) mass is 380 g/mol. The lowest BCUT2D eigenvalue weighted by Gasteiger charge is -2.34. The van der Waals surface area contributed by atoms with E-state index in [0.717, 1.165) is 12.5 Å². The van der Waals surface area contributed by atoms with Gasteiger partial charge in [-0.1, -0.05) is 32.6 Å². The van der Waals surface area contributed by atoms with Gasteiger partial charge in [0, 0.05) is 27.4 Å². The molecule has 0 heterocycles. The molecule has 0 aromatic rings. The van der Waals surface area contributed by atoms with E-state index in [1.807, 2.05) is 0 Å². The molecule has 0 aromatic carbocycles. The molecule has 7 heteroatoms. The van der Waals surface area contributed by atoms with Crippen molar-refractivity contribution in [3.05, 3.63) is 0 Å². The minimum Gasteiger partial charge on any atom is -0.455 e. The standard InChI is InChI=1S/C16H40O4Si3/c1-9-14-21(5,6)20-22(7,8)15-12-10-11-13-16-23(17-2,18-3)19-4/h9-16H2,1-8H3. The minimum atomic E-state index is -2.37. The highest BCUT2D eigenvalue weighted by molar-refractivity contribution is 6.84. The van der Waals surface area contributed by atoms with Crippen LogP contribution in [0.15, 0.2) is 0 Å². The largest absolute Gasteiger partial charge is 0.500 e. The Morgan fingerprint density at radius 3 is 1.48 bits per heavy atom. The molecule has 23 heavy (non-hydrogen) atoms. The van der Waals surface area contributed by atoms with Crippen LogP contribution in [0.5, 0.6) is 0 Å². The number of hydrogen-bond donors (Lipinski definition) is 0. The first-order valence-corrected chi connectivity index (χ1v) is 17.2. The van der Waals surface area contributed by atoms with Gasteiger partial charge in [0.15, 0.2) is 16.6 Å². The first-order chi connectivity index (χ1) is 10.7. The Hall–Kier alpha value is 0.491. The Balaban J connectivity index is 3.98. The fourth-order valence-electron chi connectivity index (χ4n) is 3.25. The third-order valence-corrected chi connectivity index (χ3v) is 14.9. The van der Waals surface area contributed by atoms with Crippen molar-refractivity contribution >= 4 is 25.4 Å². The molecule has 0 radical (unpaired) electrons. The van der Waals surface area contributed by atoms with Crippen LogP contribution in [0.2, 0.25) is 44.3 Å². The molecule has 0 fully saturated rings. The topological polar surface area (TPSA) is 36.9 Å². The maximum Gasteiger partial charge on any atom is 0.500 e. The summed E-state index contributed by atoms with van der Waals surface area (Å²) >= 11 is 0. The maximum atomic E-state index is 6.60.